The first kappa shape index (κ1) is 16.3. The summed E-state index contributed by atoms with van der Waals surface area (Å²) in [6.45, 7) is 1.73. The summed E-state index contributed by atoms with van der Waals surface area (Å²) in [5, 5.41) is 8.78. The van der Waals surface area contributed by atoms with E-state index in [-0.39, 0.29) is 11.8 Å². The molecule has 0 aliphatic carbocycles. The molecule has 1 aromatic carbocycles. The minimum atomic E-state index is -0.532. The highest BCUT2D eigenvalue weighted by Crippen LogP contribution is 2.12. The van der Waals surface area contributed by atoms with Crippen molar-refractivity contribution in [3.05, 3.63) is 40.3 Å². The molecule has 0 spiro atoms. The van der Waals surface area contributed by atoms with E-state index in [1.54, 1.807) is 24.3 Å². The van der Waals surface area contributed by atoms with Crippen LogP contribution in [-0.2, 0) is 16.1 Å². The average molecular weight is 387 g/mol. The smallest absolute Gasteiger partial charge is 0.243 e. The highest BCUT2D eigenvalue weighted by Gasteiger charge is 2.17. The van der Waals surface area contributed by atoms with E-state index in [0.717, 1.165) is 5.56 Å². The number of benzene rings is 1. The van der Waals surface area contributed by atoms with E-state index in [4.69, 9.17) is 5.53 Å². The molecule has 1 aromatic rings. The van der Waals surface area contributed by atoms with Crippen molar-refractivity contribution in [1.29, 1.82) is 0 Å². The fourth-order valence-corrected chi connectivity index (χ4v) is 2.08. The van der Waals surface area contributed by atoms with Gasteiger partial charge in [0.25, 0.3) is 0 Å². The first-order valence-electron chi connectivity index (χ1n) is 5.81. The van der Waals surface area contributed by atoms with Crippen LogP contribution in [0.4, 0.5) is 5.69 Å². The van der Waals surface area contributed by atoms with E-state index in [2.05, 4.69) is 20.7 Å². The molecule has 0 heterocycles. The lowest BCUT2D eigenvalue weighted by Gasteiger charge is -2.15. The molecule has 0 radical (unpaired) electrons. The standard InChI is InChI=1S/C12H14IN5O2/c1-8(19)16-11(6-13)12(20)15-7-9-2-4-10(5-3-9)17-18-14/h2-5,11H,6-7H2,1H3,(H,15,20)(H,16,19). The van der Waals surface area contributed by atoms with Crippen molar-refractivity contribution in [3.8, 4) is 0 Å². The number of amides is 2. The third-order valence-corrected chi connectivity index (χ3v) is 3.29. The fourth-order valence-electron chi connectivity index (χ4n) is 1.46. The second kappa shape index (κ2) is 8.39. The van der Waals surface area contributed by atoms with Gasteiger partial charge >= 0.3 is 0 Å². The predicted molar refractivity (Wildman–Crippen MR) is 83.6 cm³/mol. The zero-order valence-electron chi connectivity index (χ0n) is 10.8. The zero-order valence-corrected chi connectivity index (χ0v) is 13.0. The Kier molecular flexibility index (Phi) is 6.82. The molecule has 0 bridgehead atoms. The Bertz CT molecular complexity index is 525. The van der Waals surface area contributed by atoms with Gasteiger partial charge in [-0.1, -0.05) is 52.0 Å². The van der Waals surface area contributed by atoms with E-state index in [0.29, 0.717) is 16.7 Å². The fraction of sp³-hybridized carbons (Fsp3) is 0.333. The van der Waals surface area contributed by atoms with Gasteiger partial charge in [-0.3, -0.25) is 9.59 Å². The largest absolute Gasteiger partial charge is 0.350 e. The van der Waals surface area contributed by atoms with Crippen LogP contribution < -0.4 is 10.6 Å². The summed E-state index contributed by atoms with van der Waals surface area (Å²) in [4.78, 5) is 25.5. The minimum Gasteiger partial charge on any atom is -0.350 e. The Morgan fingerprint density at radius 1 is 1.40 bits per heavy atom. The molecule has 1 rings (SSSR count). The van der Waals surface area contributed by atoms with Crippen LogP contribution in [0.2, 0.25) is 0 Å². The van der Waals surface area contributed by atoms with Crippen LogP contribution in [0.25, 0.3) is 10.4 Å². The molecule has 8 heteroatoms. The molecule has 0 saturated carbocycles. The SMILES string of the molecule is CC(=O)NC(CI)C(=O)NCc1ccc(N=[N+]=[N-])cc1. The van der Waals surface area contributed by atoms with Crippen LogP contribution in [0.15, 0.2) is 29.4 Å². The molecular formula is C12H14IN5O2. The predicted octanol–water partition coefficient (Wildman–Crippen LogP) is 2.18. The van der Waals surface area contributed by atoms with Crippen molar-refractivity contribution in [2.45, 2.75) is 19.5 Å². The van der Waals surface area contributed by atoms with Crippen molar-refractivity contribution in [1.82, 2.24) is 10.6 Å². The first-order valence-corrected chi connectivity index (χ1v) is 7.34. The van der Waals surface area contributed by atoms with E-state index in [1.807, 2.05) is 22.6 Å². The molecule has 106 valence electrons. The molecule has 2 N–H and O–H groups in total. The number of hydrogen-bond acceptors (Lipinski definition) is 3. The Morgan fingerprint density at radius 2 is 2.05 bits per heavy atom. The van der Waals surface area contributed by atoms with E-state index in [1.165, 1.54) is 6.92 Å². The molecule has 0 aliphatic heterocycles. The number of alkyl halides is 1. The molecule has 0 aliphatic rings. The molecule has 1 unspecified atom stereocenters. The first-order chi connectivity index (χ1) is 9.56. The summed E-state index contributed by atoms with van der Waals surface area (Å²) in [5.74, 6) is -0.464. The molecular weight excluding hydrogens is 373 g/mol. The van der Waals surface area contributed by atoms with Gasteiger partial charge in [0.1, 0.15) is 6.04 Å². The number of nitrogens with zero attached hydrogens (tertiary/aromatic N) is 3. The Morgan fingerprint density at radius 3 is 2.55 bits per heavy atom. The summed E-state index contributed by atoms with van der Waals surface area (Å²) in [7, 11) is 0. The van der Waals surface area contributed by atoms with Gasteiger partial charge in [-0.15, -0.1) is 0 Å². The number of carbonyl (C=O) groups is 2. The van der Waals surface area contributed by atoms with Crippen molar-refractivity contribution < 1.29 is 9.59 Å². The average Bonchev–Trinajstić information content (AvgIpc) is 2.43. The van der Waals surface area contributed by atoms with Crippen LogP contribution in [0, 0.1) is 0 Å². The number of halogens is 1. The summed E-state index contributed by atoms with van der Waals surface area (Å²) in [6, 6.07) is 6.34. The van der Waals surface area contributed by atoms with Crippen LogP contribution in [0.1, 0.15) is 12.5 Å². The van der Waals surface area contributed by atoms with Crippen LogP contribution in [-0.4, -0.2) is 22.3 Å². The number of rotatable bonds is 6. The van der Waals surface area contributed by atoms with E-state index >= 15 is 0 Å². The lowest BCUT2D eigenvalue weighted by atomic mass is 10.2. The monoisotopic (exact) mass is 387 g/mol. The maximum absolute atomic E-state index is 11.9. The molecule has 0 aromatic heterocycles. The molecule has 20 heavy (non-hydrogen) atoms. The van der Waals surface area contributed by atoms with Crippen molar-refractivity contribution in [3.63, 3.8) is 0 Å². The van der Waals surface area contributed by atoms with Gasteiger partial charge in [0, 0.05) is 28.5 Å². The molecule has 2 amide bonds. The van der Waals surface area contributed by atoms with Crippen molar-refractivity contribution >= 4 is 40.1 Å². The maximum Gasteiger partial charge on any atom is 0.243 e. The topological polar surface area (TPSA) is 107 Å². The van der Waals surface area contributed by atoms with E-state index in [9.17, 15) is 9.59 Å². The normalized spacial score (nSPS) is 11.1. The van der Waals surface area contributed by atoms with Gasteiger partial charge in [0.2, 0.25) is 11.8 Å². The maximum atomic E-state index is 11.9. The lowest BCUT2D eigenvalue weighted by Crippen LogP contribution is -2.46. The zero-order chi connectivity index (χ0) is 15.0. The molecule has 0 fully saturated rings. The minimum absolute atomic E-state index is 0.228. The second-order valence-electron chi connectivity index (χ2n) is 3.98. The highest BCUT2D eigenvalue weighted by molar-refractivity contribution is 14.1. The Hall–Kier alpha value is -1.80. The quantitative estimate of drug-likeness (QED) is 0.257. The Balaban J connectivity index is 2.55. The summed E-state index contributed by atoms with van der Waals surface area (Å²) in [6.07, 6.45) is 0. The number of azide groups is 1. The van der Waals surface area contributed by atoms with Gasteiger partial charge in [-0.05, 0) is 11.1 Å². The van der Waals surface area contributed by atoms with Gasteiger partial charge in [-0.2, -0.15) is 0 Å². The van der Waals surface area contributed by atoms with Gasteiger partial charge in [0.05, 0.1) is 0 Å². The van der Waals surface area contributed by atoms with Crippen molar-refractivity contribution in [2.75, 3.05) is 4.43 Å². The van der Waals surface area contributed by atoms with Gasteiger partial charge < -0.3 is 10.6 Å². The molecule has 0 saturated heterocycles. The third-order valence-electron chi connectivity index (χ3n) is 2.41. The summed E-state index contributed by atoms with van der Waals surface area (Å²) < 4.78 is 0.499. The van der Waals surface area contributed by atoms with Crippen LogP contribution >= 0.6 is 22.6 Å². The molecule has 7 nitrogen and oxygen atoms in total. The van der Waals surface area contributed by atoms with Gasteiger partial charge in [0.15, 0.2) is 0 Å². The summed E-state index contributed by atoms with van der Waals surface area (Å²) in [5.41, 5.74) is 9.69. The summed E-state index contributed by atoms with van der Waals surface area (Å²) >= 11 is 2.04. The number of nitrogens with one attached hydrogen (secondary N) is 2. The van der Waals surface area contributed by atoms with Gasteiger partial charge in [-0.25, -0.2) is 0 Å². The number of hydrogen-bond donors (Lipinski definition) is 2. The lowest BCUT2D eigenvalue weighted by molar-refractivity contribution is -0.127. The Labute approximate surface area is 129 Å². The third kappa shape index (κ3) is 5.45. The highest BCUT2D eigenvalue weighted by atomic mass is 127. The number of carbonyl (C=O) groups excluding carboxylic acids is 2. The second-order valence-corrected chi connectivity index (χ2v) is 4.86. The molecule has 1 atom stereocenters. The van der Waals surface area contributed by atoms with Crippen LogP contribution in [0.3, 0.4) is 0 Å². The van der Waals surface area contributed by atoms with E-state index < -0.39 is 6.04 Å². The van der Waals surface area contributed by atoms with Crippen LogP contribution in [0.5, 0.6) is 0 Å². The van der Waals surface area contributed by atoms with Crippen molar-refractivity contribution in [2.24, 2.45) is 5.11 Å².